The molecule has 0 bridgehead atoms. The fourth-order valence-corrected chi connectivity index (χ4v) is 9.82. The molecule has 6 rings (SSSR count). The SMILES string of the molecule is COC[C@]12CC[C@@](C)(O)C[C@@H]1CC[C@H]1[C@@H]3CC[C@H](C(=O)Cn4nnc5c(OC)cccc54)[C@@]3(C)CC[C@@H]12. The Bertz CT molecular complexity index is 1180. The second kappa shape index (κ2) is 9.04. The van der Waals surface area contributed by atoms with Crippen LogP contribution in [0.15, 0.2) is 18.2 Å². The maximum Gasteiger partial charge on any atom is 0.157 e. The third-order valence-corrected chi connectivity index (χ3v) is 11.5. The van der Waals surface area contributed by atoms with Crippen molar-refractivity contribution >= 4 is 16.8 Å². The fourth-order valence-electron chi connectivity index (χ4n) is 9.82. The third kappa shape index (κ3) is 3.86. The van der Waals surface area contributed by atoms with Crippen LogP contribution in [-0.4, -0.2) is 52.3 Å². The highest BCUT2D eigenvalue weighted by molar-refractivity contribution is 5.85. The monoisotopic (exact) mass is 509 g/mol. The number of ketones is 1. The summed E-state index contributed by atoms with van der Waals surface area (Å²) in [6, 6.07) is 5.77. The summed E-state index contributed by atoms with van der Waals surface area (Å²) in [5, 5.41) is 19.5. The Morgan fingerprint density at radius 1 is 1.08 bits per heavy atom. The average Bonchev–Trinajstić information content (AvgIpc) is 3.44. The first-order valence-electron chi connectivity index (χ1n) is 14.3. The van der Waals surface area contributed by atoms with Crippen LogP contribution in [0.5, 0.6) is 5.75 Å². The molecule has 1 N–H and O–H groups in total. The summed E-state index contributed by atoms with van der Waals surface area (Å²) in [5.41, 5.74) is 1.25. The number of hydrogen-bond donors (Lipinski definition) is 1. The zero-order chi connectivity index (χ0) is 26.0. The van der Waals surface area contributed by atoms with Crippen molar-refractivity contribution in [2.24, 2.45) is 40.4 Å². The van der Waals surface area contributed by atoms with Crippen LogP contribution >= 0.6 is 0 Å². The van der Waals surface area contributed by atoms with E-state index in [9.17, 15) is 9.90 Å². The van der Waals surface area contributed by atoms with Gasteiger partial charge in [-0.1, -0.05) is 18.2 Å². The number of fused-ring (bicyclic) bond motifs is 6. The summed E-state index contributed by atoms with van der Waals surface area (Å²) in [7, 11) is 3.48. The number of hydrogen-bond acceptors (Lipinski definition) is 6. The molecule has 7 heteroatoms. The van der Waals surface area contributed by atoms with Crippen LogP contribution in [0.3, 0.4) is 0 Å². The molecule has 7 nitrogen and oxygen atoms in total. The molecular formula is C30H43N3O4. The lowest BCUT2D eigenvalue weighted by atomic mass is 9.43. The van der Waals surface area contributed by atoms with Gasteiger partial charge in [0.25, 0.3) is 0 Å². The Kier molecular flexibility index (Phi) is 6.18. The summed E-state index contributed by atoms with van der Waals surface area (Å²) >= 11 is 0. The van der Waals surface area contributed by atoms with E-state index in [1.807, 2.05) is 32.2 Å². The van der Waals surface area contributed by atoms with E-state index in [0.717, 1.165) is 50.6 Å². The number of aliphatic hydroxyl groups is 1. The largest absolute Gasteiger partial charge is 0.494 e. The van der Waals surface area contributed by atoms with Crippen LogP contribution in [0.1, 0.15) is 71.6 Å². The fraction of sp³-hybridized carbons (Fsp3) is 0.767. The van der Waals surface area contributed by atoms with Gasteiger partial charge in [-0.15, -0.1) is 5.10 Å². The van der Waals surface area contributed by atoms with Gasteiger partial charge in [0.15, 0.2) is 11.3 Å². The molecule has 1 heterocycles. The summed E-state index contributed by atoms with van der Waals surface area (Å²) in [5.74, 6) is 3.48. The quantitative estimate of drug-likeness (QED) is 0.587. The van der Waals surface area contributed by atoms with Crippen molar-refractivity contribution in [1.82, 2.24) is 15.0 Å². The molecule has 4 aliphatic rings. The van der Waals surface area contributed by atoms with Gasteiger partial charge in [-0.2, -0.15) is 0 Å². The molecule has 4 saturated carbocycles. The Morgan fingerprint density at radius 2 is 1.92 bits per heavy atom. The molecule has 4 aliphatic carbocycles. The third-order valence-electron chi connectivity index (χ3n) is 11.5. The lowest BCUT2D eigenvalue weighted by Crippen LogP contribution is -2.58. The Hall–Kier alpha value is -1.99. The summed E-state index contributed by atoms with van der Waals surface area (Å²) in [6.07, 6.45) is 9.65. The molecule has 2 aromatic rings. The second-order valence-corrected chi connectivity index (χ2v) is 13.2. The lowest BCUT2D eigenvalue weighted by Gasteiger charge is -2.62. The zero-order valence-corrected chi connectivity index (χ0v) is 22.9. The standard InChI is InChI=1S/C30H43N3O4/c1-28(35)14-15-30(18-36-3)19(16-28)8-9-20-21-10-11-23(29(21,2)13-12-22(20)30)25(34)17-33-24-6-5-7-26(37-4)27(24)31-32-33/h5-7,19-23,35H,8-18H2,1-4H3/t19-,20-,21-,22-,23+,28+,29-,30+/m0/s1. The van der Waals surface area contributed by atoms with Gasteiger partial charge in [-0.05, 0) is 111 Å². The van der Waals surface area contributed by atoms with E-state index in [2.05, 4.69) is 17.2 Å². The van der Waals surface area contributed by atoms with Crippen molar-refractivity contribution in [3.8, 4) is 5.75 Å². The summed E-state index contributed by atoms with van der Waals surface area (Å²) < 4.78 is 13.1. The molecule has 1 aromatic heterocycles. The Labute approximate surface area is 220 Å². The summed E-state index contributed by atoms with van der Waals surface area (Å²) in [6.45, 7) is 5.51. The van der Waals surface area contributed by atoms with E-state index >= 15 is 0 Å². The molecule has 4 fully saturated rings. The first-order valence-corrected chi connectivity index (χ1v) is 14.3. The summed E-state index contributed by atoms with van der Waals surface area (Å²) in [4.78, 5) is 13.8. The number of ether oxygens (including phenoxy) is 2. The van der Waals surface area contributed by atoms with Crippen LogP contribution in [0, 0.1) is 40.4 Å². The van der Waals surface area contributed by atoms with Crippen LogP contribution < -0.4 is 4.74 Å². The van der Waals surface area contributed by atoms with Crippen molar-refractivity contribution in [2.75, 3.05) is 20.8 Å². The molecule has 0 saturated heterocycles. The minimum atomic E-state index is -0.543. The van der Waals surface area contributed by atoms with Gasteiger partial charge < -0.3 is 14.6 Å². The zero-order valence-electron chi connectivity index (χ0n) is 22.9. The molecule has 0 aliphatic heterocycles. The highest BCUT2D eigenvalue weighted by Gasteiger charge is 2.63. The molecule has 0 unspecified atom stereocenters. The highest BCUT2D eigenvalue weighted by Crippen LogP contribution is 2.68. The normalized spacial score (nSPS) is 41.2. The molecule has 0 spiro atoms. The van der Waals surface area contributed by atoms with E-state index in [4.69, 9.17) is 9.47 Å². The van der Waals surface area contributed by atoms with Crippen LogP contribution in [-0.2, 0) is 16.1 Å². The highest BCUT2D eigenvalue weighted by atomic mass is 16.5. The molecule has 0 radical (unpaired) electrons. The number of nitrogens with zero attached hydrogens (tertiary/aromatic N) is 3. The minimum absolute atomic E-state index is 0.0492. The number of Topliss-reactive ketones (excluding diaryl/α,β-unsaturated/α-hetero) is 1. The van der Waals surface area contributed by atoms with Crippen LogP contribution in [0.25, 0.3) is 11.0 Å². The molecule has 1 aromatic carbocycles. The van der Waals surface area contributed by atoms with Crippen LogP contribution in [0.2, 0.25) is 0 Å². The van der Waals surface area contributed by atoms with Gasteiger partial charge in [-0.3, -0.25) is 4.79 Å². The smallest absolute Gasteiger partial charge is 0.157 e. The van der Waals surface area contributed by atoms with Gasteiger partial charge in [0, 0.05) is 13.0 Å². The van der Waals surface area contributed by atoms with E-state index in [1.54, 1.807) is 11.8 Å². The number of carbonyl (C=O) groups excluding carboxylic acids is 1. The first-order chi connectivity index (χ1) is 17.7. The predicted octanol–water partition coefficient (Wildman–Crippen LogP) is 5.05. The van der Waals surface area contributed by atoms with Gasteiger partial charge in [0.1, 0.15) is 12.3 Å². The molecule has 37 heavy (non-hydrogen) atoms. The van der Waals surface area contributed by atoms with Gasteiger partial charge in [0.05, 0.1) is 24.8 Å². The van der Waals surface area contributed by atoms with Gasteiger partial charge in [0.2, 0.25) is 0 Å². The van der Waals surface area contributed by atoms with E-state index in [1.165, 1.54) is 19.3 Å². The number of aromatic nitrogens is 3. The van der Waals surface area contributed by atoms with E-state index in [0.29, 0.717) is 40.7 Å². The Balaban J connectivity index is 1.23. The number of carbonyl (C=O) groups is 1. The lowest BCUT2D eigenvalue weighted by molar-refractivity contribution is -0.175. The van der Waals surface area contributed by atoms with Gasteiger partial charge in [-0.25, -0.2) is 4.68 Å². The van der Waals surface area contributed by atoms with Crippen molar-refractivity contribution in [3.63, 3.8) is 0 Å². The van der Waals surface area contributed by atoms with Crippen LogP contribution in [0.4, 0.5) is 0 Å². The molecule has 0 amide bonds. The topological polar surface area (TPSA) is 86.5 Å². The molecular weight excluding hydrogens is 466 g/mol. The maximum absolute atomic E-state index is 13.8. The Morgan fingerprint density at radius 3 is 2.70 bits per heavy atom. The van der Waals surface area contributed by atoms with E-state index in [-0.39, 0.29) is 23.3 Å². The van der Waals surface area contributed by atoms with Crippen molar-refractivity contribution in [2.45, 2.75) is 83.8 Å². The molecule has 202 valence electrons. The average molecular weight is 510 g/mol. The van der Waals surface area contributed by atoms with Crippen molar-refractivity contribution in [3.05, 3.63) is 18.2 Å². The second-order valence-electron chi connectivity index (χ2n) is 13.2. The van der Waals surface area contributed by atoms with Crippen molar-refractivity contribution in [1.29, 1.82) is 0 Å². The first kappa shape index (κ1) is 25.3. The number of methoxy groups -OCH3 is 2. The minimum Gasteiger partial charge on any atom is -0.494 e. The maximum atomic E-state index is 13.8. The van der Waals surface area contributed by atoms with E-state index < -0.39 is 5.60 Å². The molecule has 8 atom stereocenters. The van der Waals surface area contributed by atoms with Crippen molar-refractivity contribution < 1.29 is 19.4 Å². The number of benzene rings is 1. The predicted molar refractivity (Wildman–Crippen MR) is 141 cm³/mol. The van der Waals surface area contributed by atoms with Gasteiger partial charge >= 0.3 is 0 Å². The number of rotatable bonds is 6.